The molecule has 2 rings (SSSR count). The molecule has 0 saturated heterocycles. The molecule has 0 unspecified atom stereocenters. The Hall–Kier alpha value is -1.82. The van der Waals surface area contributed by atoms with E-state index in [-0.39, 0.29) is 22.7 Å². The van der Waals surface area contributed by atoms with E-state index in [1.807, 2.05) is 6.92 Å². The highest BCUT2D eigenvalue weighted by Gasteiger charge is 2.25. The maximum Gasteiger partial charge on any atom is 0.333 e. The van der Waals surface area contributed by atoms with E-state index in [0.29, 0.717) is 18.0 Å². The van der Waals surface area contributed by atoms with E-state index in [1.165, 1.54) is 0 Å². The SMILES string of the molecule is CCCOc1cccc(NC2CCC(N)CC2)c1[N+](=O)[O-]. The van der Waals surface area contributed by atoms with Crippen molar-refractivity contribution in [2.45, 2.75) is 51.1 Å². The van der Waals surface area contributed by atoms with Crippen LogP contribution in [0.1, 0.15) is 39.0 Å². The molecule has 0 aliphatic heterocycles. The van der Waals surface area contributed by atoms with Crippen molar-refractivity contribution in [3.8, 4) is 5.75 Å². The molecule has 1 aliphatic rings. The Morgan fingerprint density at radius 1 is 1.38 bits per heavy atom. The van der Waals surface area contributed by atoms with Crippen LogP contribution in [0.2, 0.25) is 0 Å². The smallest absolute Gasteiger partial charge is 0.333 e. The van der Waals surface area contributed by atoms with E-state index in [4.69, 9.17) is 10.5 Å². The van der Waals surface area contributed by atoms with Gasteiger partial charge in [-0.05, 0) is 44.2 Å². The molecule has 6 nitrogen and oxygen atoms in total. The summed E-state index contributed by atoms with van der Waals surface area (Å²) in [5.41, 5.74) is 6.46. The first-order chi connectivity index (χ1) is 10.1. The molecule has 1 fully saturated rings. The minimum Gasteiger partial charge on any atom is -0.487 e. The second-order valence-corrected chi connectivity index (χ2v) is 5.51. The van der Waals surface area contributed by atoms with Crippen molar-refractivity contribution in [3.05, 3.63) is 28.3 Å². The van der Waals surface area contributed by atoms with Gasteiger partial charge in [-0.25, -0.2) is 0 Å². The lowest BCUT2D eigenvalue weighted by atomic mass is 9.91. The molecule has 1 aromatic rings. The van der Waals surface area contributed by atoms with Gasteiger partial charge in [-0.1, -0.05) is 13.0 Å². The fourth-order valence-corrected chi connectivity index (χ4v) is 2.64. The van der Waals surface area contributed by atoms with Crippen molar-refractivity contribution in [2.75, 3.05) is 11.9 Å². The van der Waals surface area contributed by atoms with Crippen LogP contribution < -0.4 is 15.8 Å². The van der Waals surface area contributed by atoms with Crippen LogP contribution in [-0.2, 0) is 0 Å². The summed E-state index contributed by atoms with van der Waals surface area (Å²) < 4.78 is 5.49. The van der Waals surface area contributed by atoms with Gasteiger partial charge in [-0.2, -0.15) is 0 Å². The minimum atomic E-state index is -0.373. The Kier molecular flexibility index (Phi) is 5.38. The summed E-state index contributed by atoms with van der Waals surface area (Å²) in [6.07, 6.45) is 4.61. The molecule has 6 heteroatoms. The first-order valence-corrected chi connectivity index (χ1v) is 7.54. The van der Waals surface area contributed by atoms with E-state index in [1.54, 1.807) is 18.2 Å². The van der Waals surface area contributed by atoms with Crippen molar-refractivity contribution >= 4 is 11.4 Å². The highest BCUT2D eigenvalue weighted by molar-refractivity contribution is 5.68. The largest absolute Gasteiger partial charge is 0.487 e. The number of nitrogens with one attached hydrogen (secondary N) is 1. The molecule has 1 saturated carbocycles. The van der Waals surface area contributed by atoms with E-state index >= 15 is 0 Å². The van der Waals surface area contributed by atoms with Gasteiger partial charge in [0.2, 0.25) is 0 Å². The quantitative estimate of drug-likeness (QED) is 0.621. The second-order valence-electron chi connectivity index (χ2n) is 5.51. The molecule has 21 heavy (non-hydrogen) atoms. The maximum atomic E-state index is 11.4. The predicted octanol–water partition coefficient (Wildman–Crippen LogP) is 3.07. The molecule has 3 N–H and O–H groups in total. The van der Waals surface area contributed by atoms with Gasteiger partial charge in [-0.3, -0.25) is 10.1 Å². The van der Waals surface area contributed by atoms with Crippen molar-refractivity contribution < 1.29 is 9.66 Å². The molecule has 1 aliphatic carbocycles. The van der Waals surface area contributed by atoms with Crippen molar-refractivity contribution in [2.24, 2.45) is 5.73 Å². The zero-order valence-electron chi connectivity index (χ0n) is 12.4. The number of para-hydroxylation sites is 1. The summed E-state index contributed by atoms with van der Waals surface area (Å²) in [4.78, 5) is 11.0. The fourth-order valence-electron chi connectivity index (χ4n) is 2.64. The fraction of sp³-hybridized carbons (Fsp3) is 0.600. The summed E-state index contributed by atoms with van der Waals surface area (Å²) >= 11 is 0. The third-order valence-corrected chi connectivity index (χ3v) is 3.77. The number of nitro groups is 1. The summed E-state index contributed by atoms with van der Waals surface area (Å²) in [6.45, 7) is 2.45. The third kappa shape index (κ3) is 4.07. The molecule has 0 aromatic heterocycles. The standard InChI is InChI=1S/C15H23N3O3/c1-2-10-21-14-5-3-4-13(15(14)18(19)20)17-12-8-6-11(16)7-9-12/h3-5,11-12,17H,2,6-10,16H2,1H3. The van der Waals surface area contributed by atoms with Gasteiger partial charge in [0.05, 0.1) is 11.5 Å². The van der Waals surface area contributed by atoms with E-state index in [2.05, 4.69) is 5.32 Å². The number of benzene rings is 1. The molecule has 0 radical (unpaired) electrons. The Bertz CT molecular complexity index is 485. The van der Waals surface area contributed by atoms with Crippen LogP contribution in [0.3, 0.4) is 0 Å². The second kappa shape index (κ2) is 7.26. The van der Waals surface area contributed by atoms with Crippen LogP contribution in [0.4, 0.5) is 11.4 Å². The number of nitrogens with zero attached hydrogens (tertiary/aromatic N) is 1. The third-order valence-electron chi connectivity index (χ3n) is 3.77. The van der Waals surface area contributed by atoms with Crippen LogP contribution in [0.5, 0.6) is 5.75 Å². The maximum absolute atomic E-state index is 11.4. The molecule has 0 spiro atoms. The highest BCUT2D eigenvalue weighted by atomic mass is 16.6. The molecule has 1 aromatic carbocycles. The van der Waals surface area contributed by atoms with Gasteiger partial charge in [0.1, 0.15) is 5.69 Å². The molecule has 0 amide bonds. The number of hydrogen-bond donors (Lipinski definition) is 2. The summed E-state index contributed by atoms with van der Waals surface area (Å²) in [6, 6.07) is 5.68. The van der Waals surface area contributed by atoms with Crippen molar-refractivity contribution in [3.63, 3.8) is 0 Å². The Balaban J connectivity index is 2.16. The van der Waals surface area contributed by atoms with Gasteiger partial charge < -0.3 is 15.8 Å². The van der Waals surface area contributed by atoms with Gasteiger partial charge >= 0.3 is 5.69 Å². The monoisotopic (exact) mass is 293 g/mol. The molecule has 0 atom stereocenters. The summed E-state index contributed by atoms with van der Waals surface area (Å²) in [5, 5.41) is 14.7. The number of nitro benzene ring substituents is 1. The number of hydrogen-bond acceptors (Lipinski definition) is 5. The number of rotatable bonds is 6. The molecule has 0 bridgehead atoms. The van der Waals surface area contributed by atoms with Crippen LogP contribution in [0.15, 0.2) is 18.2 Å². The molecule has 116 valence electrons. The topological polar surface area (TPSA) is 90.4 Å². The zero-order valence-corrected chi connectivity index (χ0v) is 12.4. The van der Waals surface area contributed by atoms with Gasteiger partial charge in [0.25, 0.3) is 0 Å². The Labute approximate surface area is 124 Å². The number of nitrogens with two attached hydrogens (primary N) is 1. The zero-order chi connectivity index (χ0) is 15.2. The highest BCUT2D eigenvalue weighted by Crippen LogP contribution is 2.36. The van der Waals surface area contributed by atoms with Gasteiger partial charge in [0.15, 0.2) is 5.75 Å². The molecular formula is C15H23N3O3. The number of ether oxygens (including phenoxy) is 1. The average Bonchev–Trinajstić information content (AvgIpc) is 2.47. The lowest BCUT2D eigenvalue weighted by molar-refractivity contribution is -0.385. The van der Waals surface area contributed by atoms with E-state index < -0.39 is 0 Å². The van der Waals surface area contributed by atoms with Crippen LogP contribution >= 0.6 is 0 Å². The molecular weight excluding hydrogens is 270 g/mol. The Morgan fingerprint density at radius 3 is 2.71 bits per heavy atom. The summed E-state index contributed by atoms with van der Waals surface area (Å²) in [7, 11) is 0. The summed E-state index contributed by atoms with van der Waals surface area (Å²) in [5.74, 6) is 0.333. The first-order valence-electron chi connectivity index (χ1n) is 7.54. The van der Waals surface area contributed by atoms with Crippen molar-refractivity contribution in [1.29, 1.82) is 0 Å². The predicted molar refractivity (Wildman–Crippen MR) is 82.7 cm³/mol. The first kappa shape index (κ1) is 15.6. The minimum absolute atomic E-state index is 0.0285. The van der Waals surface area contributed by atoms with E-state index in [9.17, 15) is 10.1 Å². The van der Waals surface area contributed by atoms with Gasteiger partial charge in [-0.15, -0.1) is 0 Å². The lowest BCUT2D eigenvalue weighted by Crippen LogP contribution is -2.32. The molecule has 0 heterocycles. The Morgan fingerprint density at radius 2 is 2.10 bits per heavy atom. The van der Waals surface area contributed by atoms with Crippen LogP contribution in [0.25, 0.3) is 0 Å². The number of anilines is 1. The van der Waals surface area contributed by atoms with Crippen LogP contribution in [-0.4, -0.2) is 23.6 Å². The van der Waals surface area contributed by atoms with Gasteiger partial charge in [0, 0.05) is 12.1 Å². The van der Waals surface area contributed by atoms with Crippen LogP contribution in [0, 0.1) is 10.1 Å². The lowest BCUT2D eigenvalue weighted by Gasteiger charge is -2.27. The van der Waals surface area contributed by atoms with Crippen molar-refractivity contribution in [1.82, 2.24) is 0 Å². The van der Waals surface area contributed by atoms with E-state index in [0.717, 1.165) is 32.1 Å². The normalized spacial score (nSPS) is 21.8. The average molecular weight is 293 g/mol.